The maximum Gasteiger partial charge on any atom is 0.341 e. The largest absolute Gasteiger partial charge is 0.497 e. The summed E-state index contributed by atoms with van der Waals surface area (Å²) in [6.45, 7) is 1.98. The van der Waals surface area contributed by atoms with E-state index in [1.54, 1.807) is 18.4 Å². The van der Waals surface area contributed by atoms with Gasteiger partial charge in [0.1, 0.15) is 10.8 Å². The zero-order valence-corrected chi connectivity index (χ0v) is 16.7. The van der Waals surface area contributed by atoms with E-state index in [2.05, 4.69) is 10.6 Å². The van der Waals surface area contributed by atoms with Crippen molar-refractivity contribution < 1.29 is 14.3 Å². The highest BCUT2D eigenvalue weighted by molar-refractivity contribution is 7.80. The van der Waals surface area contributed by atoms with E-state index in [1.807, 2.05) is 25.1 Å². The van der Waals surface area contributed by atoms with Gasteiger partial charge in [-0.2, -0.15) is 0 Å². The Bertz CT molecular complexity index is 846. The SMILES string of the molecule is COC(=O)c1c(NC(=S)Nc2ccc(OC)cc2C)sc2c1CCCC2. The van der Waals surface area contributed by atoms with Gasteiger partial charge in [-0.25, -0.2) is 4.79 Å². The fraction of sp³-hybridized carbons (Fsp3) is 0.368. The maximum atomic E-state index is 12.3. The van der Waals surface area contributed by atoms with Crippen LogP contribution < -0.4 is 15.4 Å². The number of benzene rings is 1. The Kier molecular flexibility index (Phi) is 5.78. The van der Waals surface area contributed by atoms with Gasteiger partial charge in [-0.05, 0) is 74.2 Å². The summed E-state index contributed by atoms with van der Waals surface area (Å²) < 4.78 is 10.2. The minimum atomic E-state index is -0.310. The van der Waals surface area contributed by atoms with Gasteiger partial charge in [0.25, 0.3) is 0 Å². The van der Waals surface area contributed by atoms with Gasteiger partial charge < -0.3 is 20.1 Å². The monoisotopic (exact) mass is 390 g/mol. The highest BCUT2D eigenvalue weighted by atomic mass is 32.1. The summed E-state index contributed by atoms with van der Waals surface area (Å²) in [4.78, 5) is 13.6. The predicted molar refractivity (Wildman–Crippen MR) is 110 cm³/mol. The topological polar surface area (TPSA) is 59.6 Å². The van der Waals surface area contributed by atoms with Crippen molar-refractivity contribution in [3.05, 3.63) is 39.8 Å². The lowest BCUT2D eigenvalue weighted by Gasteiger charge is -2.14. The molecule has 2 aromatic rings. The summed E-state index contributed by atoms with van der Waals surface area (Å²) >= 11 is 7.06. The first-order valence-electron chi connectivity index (χ1n) is 8.49. The number of anilines is 2. The number of carbonyl (C=O) groups is 1. The molecule has 3 rings (SSSR count). The molecule has 0 saturated carbocycles. The third-order valence-electron chi connectivity index (χ3n) is 4.47. The molecule has 1 aromatic heterocycles. The standard InChI is InChI=1S/C19H22N2O3S2/c1-11-10-12(23-2)8-9-14(11)20-19(25)21-17-16(18(22)24-3)13-6-4-5-7-15(13)26-17/h8-10H,4-7H2,1-3H3,(H2,20,21,25). The zero-order valence-electron chi connectivity index (χ0n) is 15.1. The van der Waals surface area contributed by atoms with Crippen molar-refractivity contribution in [1.29, 1.82) is 0 Å². The average Bonchev–Trinajstić information content (AvgIpc) is 3.00. The normalized spacial score (nSPS) is 12.9. The molecule has 0 fully saturated rings. The second-order valence-electron chi connectivity index (χ2n) is 6.17. The van der Waals surface area contributed by atoms with Crippen LogP contribution in [0.4, 0.5) is 10.7 Å². The average molecular weight is 391 g/mol. The van der Waals surface area contributed by atoms with E-state index in [-0.39, 0.29) is 5.97 Å². The van der Waals surface area contributed by atoms with Crippen LogP contribution in [0.3, 0.4) is 0 Å². The van der Waals surface area contributed by atoms with Crippen molar-refractivity contribution in [3.63, 3.8) is 0 Å². The van der Waals surface area contributed by atoms with E-state index >= 15 is 0 Å². The minimum absolute atomic E-state index is 0.310. The summed E-state index contributed by atoms with van der Waals surface area (Å²) in [7, 11) is 3.05. The molecule has 2 N–H and O–H groups in total. The molecule has 1 heterocycles. The molecular weight excluding hydrogens is 368 g/mol. The van der Waals surface area contributed by atoms with Crippen molar-refractivity contribution in [2.45, 2.75) is 32.6 Å². The highest BCUT2D eigenvalue weighted by Crippen LogP contribution is 2.38. The molecule has 0 aliphatic heterocycles. The third-order valence-corrected chi connectivity index (χ3v) is 5.88. The smallest absolute Gasteiger partial charge is 0.341 e. The van der Waals surface area contributed by atoms with E-state index in [9.17, 15) is 4.79 Å². The molecule has 0 bridgehead atoms. The number of thiophene rings is 1. The number of ether oxygens (including phenoxy) is 2. The van der Waals surface area contributed by atoms with Crippen LogP contribution in [-0.2, 0) is 17.6 Å². The number of hydrogen-bond acceptors (Lipinski definition) is 5. The van der Waals surface area contributed by atoms with Gasteiger partial charge in [0.2, 0.25) is 0 Å². The summed E-state index contributed by atoms with van der Waals surface area (Å²) in [5.41, 5.74) is 3.65. The van der Waals surface area contributed by atoms with Gasteiger partial charge in [-0.1, -0.05) is 0 Å². The van der Waals surface area contributed by atoms with E-state index in [0.29, 0.717) is 10.7 Å². The molecule has 5 nitrogen and oxygen atoms in total. The van der Waals surface area contributed by atoms with Crippen molar-refractivity contribution in [2.75, 3.05) is 24.9 Å². The van der Waals surface area contributed by atoms with Gasteiger partial charge >= 0.3 is 5.97 Å². The first kappa shape index (κ1) is 18.7. The van der Waals surface area contributed by atoms with Crippen LogP contribution in [0.5, 0.6) is 5.75 Å². The fourth-order valence-corrected chi connectivity index (χ4v) is 4.69. The van der Waals surface area contributed by atoms with Gasteiger partial charge in [-0.3, -0.25) is 0 Å². The number of carbonyl (C=O) groups excluding carboxylic acids is 1. The molecule has 0 unspecified atom stereocenters. The third kappa shape index (κ3) is 3.83. The molecule has 0 radical (unpaired) electrons. The van der Waals surface area contributed by atoms with E-state index in [4.69, 9.17) is 21.7 Å². The predicted octanol–water partition coefficient (Wildman–Crippen LogP) is 4.54. The Labute approximate surface area is 162 Å². The Morgan fingerprint density at radius 2 is 1.96 bits per heavy atom. The Hall–Kier alpha value is -2.12. The molecule has 1 aliphatic rings. The number of aryl methyl sites for hydroxylation is 2. The second-order valence-corrected chi connectivity index (χ2v) is 7.68. The number of hydrogen-bond donors (Lipinski definition) is 2. The molecule has 0 atom stereocenters. The van der Waals surface area contributed by atoms with Crippen molar-refractivity contribution in [3.8, 4) is 5.75 Å². The van der Waals surface area contributed by atoms with Crippen LogP contribution in [0, 0.1) is 6.92 Å². The lowest BCUT2D eigenvalue weighted by atomic mass is 9.95. The molecule has 1 aliphatic carbocycles. The van der Waals surface area contributed by atoms with Gasteiger partial charge in [0.15, 0.2) is 5.11 Å². The molecule has 0 spiro atoms. The zero-order chi connectivity index (χ0) is 18.7. The minimum Gasteiger partial charge on any atom is -0.497 e. The van der Waals surface area contributed by atoms with Gasteiger partial charge in [-0.15, -0.1) is 11.3 Å². The van der Waals surface area contributed by atoms with Crippen LogP contribution >= 0.6 is 23.6 Å². The fourth-order valence-electron chi connectivity index (χ4n) is 3.13. The van der Waals surface area contributed by atoms with Crippen molar-refractivity contribution in [1.82, 2.24) is 0 Å². The Balaban J connectivity index is 1.81. The highest BCUT2D eigenvalue weighted by Gasteiger charge is 2.26. The summed E-state index contributed by atoms with van der Waals surface area (Å²) in [6.07, 6.45) is 4.17. The van der Waals surface area contributed by atoms with E-state index in [0.717, 1.165) is 53.2 Å². The van der Waals surface area contributed by atoms with Crippen LogP contribution in [-0.4, -0.2) is 25.3 Å². The van der Waals surface area contributed by atoms with E-state index in [1.165, 1.54) is 12.0 Å². The number of rotatable bonds is 4. The van der Waals surface area contributed by atoms with Gasteiger partial charge in [0.05, 0.1) is 19.8 Å². The Morgan fingerprint density at radius 3 is 2.65 bits per heavy atom. The lowest BCUT2D eigenvalue weighted by Crippen LogP contribution is -2.20. The Morgan fingerprint density at radius 1 is 1.19 bits per heavy atom. The second kappa shape index (κ2) is 8.05. The summed E-state index contributed by atoms with van der Waals surface area (Å²) in [6, 6.07) is 5.74. The number of thiocarbonyl (C=S) groups is 1. The maximum absolute atomic E-state index is 12.3. The summed E-state index contributed by atoms with van der Waals surface area (Å²) in [5.74, 6) is 0.487. The molecular formula is C19H22N2O3S2. The van der Waals surface area contributed by atoms with Crippen LogP contribution in [0.2, 0.25) is 0 Å². The molecule has 138 valence electrons. The number of methoxy groups -OCH3 is 2. The first-order valence-corrected chi connectivity index (χ1v) is 9.71. The molecule has 0 amide bonds. The number of esters is 1. The molecule has 7 heteroatoms. The van der Waals surface area contributed by atoms with Gasteiger partial charge in [0, 0.05) is 10.6 Å². The summed E-state index contributed by atoms with van der Waals surface area (Å²) in [5, 5.41) is 7.59. The van der Waals surface area contributed by atoms with Crippen LogP contribution in [0.25, 0.3) is 0 Å². The quantitative estimate of drug-likeness (QED) is 0.590. The number of nitrogens with one attached hydrogen (secondary N) is 2. The van der Waals surface area contributed by atoms with Crippen molar-refractivity contribution >= 4 is 45.3 Å². The van der Waals surface area contributed by atoms with Crippen LogP contribution in [0.1, 0.15) is 39.2 Å². The first-order chi connectivity index (χ1) is 12.5. The molecule has 26 heavy (non-hydrogen) atoms. The number of fused-ring (bicyclic) bond motifs is 1. The van der Waals surface area contributed by atoms with Crippen LogP contribution in [0.15, 0.2) is 18.2 Å². The molecule has 0 saturated heterocycles. The lowest BCUT2D eigenvalue weighted by molar-refractivity contribution is 0.0601. The van der Waals surface area contributed by atoms with E-state index < -0.39 is 0 Å². The van der Waals surface area contributed by atoms with Crippen molar-refractivity contribution in [2.24, 2.45) is 0 Å². The molecule has 1 aromatic carbocycles.